The van der Waals surface area contributed by atoms with Crippen LogP contribution in [-0.2, 0) is 0 Å². The van der Waals surface area contributed by atoms with Crippen molar-refractivity contribution in [2.75, 3.05) is 0 Å². The molecule has 0 radical (unpaired) electrons. The molecule has 1 N–H and O–H groups in total. The Balaban J connectivity index is 1.00. The molecule has 0 bridgehead atoms. The van der Waals surface area contributed by atoms with Crippen LogP contribution in [0, 0.1) is 0 Å². The van der Waals surface area contributed by atoms with Crippen LogP contribution in [0.4, 0.5) is 0 Å². The van der Waals surface area contributed by atoms with Crippen molar-refractivity contribution in [1.82, 2.24) is 5.32 Å². The van der Waals surface area contributed by atoms with Gasteiger partial charge in [0.15, 0.2) is 5.84 Å². The lowest BCUT2D eigenvalue weighted by molar-refractivity contribution is 0.670. The minimum Gasteiger partial charge on any atom is -0.455 e. The van der Waals surface area contributed by atoms with Gasteiger partial charge in [0.25, 0.3) is 0 Å². The molecule has 2 aromatic heterocycles. The average Bonchev–Trinajstić information content (AvgIpc) is 3.92. The highest BCUT2D eigenvalue weighted by Gasteiger charge is 2.26. The molecule has 0 aliphatic carbocycles. The van der Waals surface area contributed by atoms with E-state index in [0.717, 1.165) is 72.1 Å². The van der Waals surface area contributed by atoms with Gasteiger partial charge in [0.2, 0.25) is 0 Å². The van der Waals surface area contributed by atoms with Gasteiger partial charge >= 0.3 is 0 Å². The Bertz CT molecular complexity index is 3870. The van der Waals surface area contributed by atoms with Crippen molar-refractivity contribution < 1.29 is 4.42 Å². The second-order valence-corrected chi connectivity index (χ2v) is 17.2. The summed E-state index contributed by atoms with van der Waals surface area (Å²) in [5.74, 6) is 1.46. The van der Waals surface area contributed by atoms with Crippen molar-refractivity contribution in [3.63, 3.8) is 0 Å². The zero-order valence-corrected chi connectivity index (χ0v) is 34.2. The van der Waals surface area contributed by atoms with Crippen molar-refractivity contribution in [3.8, 4) is 22.3 Å². The quantitative estimate of drug-likeness (QED) is 0.176. The number of furan rings is 1. The molecule has 1 aliphatic rings. The number of rotatable bonds is 5. The fraction of sp³-hybridized carbons (Fsp3) is 0.0175. The van der Waals surface area contributed by atoms with Gasteiger partial charge < -0.3 is 9.73 Å². The maximum absolute atomic E-state index is 6.86. The molecule has 1 atom stereocenters. The van der Waals surface area contributed by atoms with Gasteiger partial charge in [-0.05, 0) is 91.0 Å². The highest BCUT2D eigenvalue weighted by atomic mass is 32.1. The van der Waals surface area contributed by atoms with E-state index in [9.17, 15) is 0 Å². The molecule has 0 fully saturated rings. The van der Waals surface area contributed by atoms with Gasteiger partial charge in [-0.15, -0.1) is 11.3 Å². The molecule has 4 nitrogen and oxygen atoms in total. The molecule has 290 valence electrons. The first-order chi connectivity index (χ1) is 30.7. The lowest BCUT2D eigenvalue weighted by atomic mass is 9.93. The summed E-state index contributed by atoms with van der Waals surface area (Å²) >= 11 is 1.84. The Labute approximate surface area is 360 Å². The van der Waals surface area contributed by atoms with Gasteiger partial charge in [0, 0.05) is 47.6 Å². The highest BCUT2D eigenvalue weighted by Crippen LogP contribution is 2.43. The lowest BCUT2D eigenvalue weighted by Gasteiger charge is -2.25. The molecule has 1 aliphatic heterocycles. The molecule has 1 unspecified atom stereocenters. The zero-order chi connectivity index (χ0) is 40.7. The predicted molar refractivity (Wildman–Crippen MR) is 262 cm³/mol. The van der Waals surface area contributed by atoms with Gasteiger partial charge in [-0.3, -0.25) is 0 Å². The van der Waals surface area contributed by atoms with Gasteiger partial charge in [-0.25, -0.2) is 9.98 Å². The largest absolute Gasteiger partial charge is 0.455 e. The Hall–Kier alpha value is -7.86. The van der Waals surface area contributed by atoms with E-state index in [1.54, 1.807) is 0 Å². The molecular formula is C57H35N3OS. The standard InChI is InChI=1S/C57H35N3OS/c1-2-14-35-31-38(28-27-34(35)13-1)55-58-56(60-57(59-55)49-33-36-15-3-4-16-39(36)41-17-5-6-18-42(41)49)46-21-8-7-19-43(46)45-23-12-25-50-53(45)47-24-11-22-40(54(47)61-50)37-29-30-52-48(32-37)44-20-9-10-26-51(44)62-52/h1-33,55H,(H,58,59,60). The Morgan fingerprint density at radius 1 is 0.435 bits per heavy atom. The Kier molecular flexibility index (Phi) is 7.81. The number of benzene rings is 10. The number of hydrogen-bond acceptors (Lipinski definition) is 5. The lowest BCUT2D eigenvalue weighted by Crippen LogP contribution is -2.33. The normalized spacial score (nSPS) is 14.3. The molecule has 3 heterocycles. The van der Waals surface area contributed by atoms with Crippen LogP contribution in [0.2, 0.25) is 0 Å². The SMILES string of the molecule is c1ccc(-c2cccc3oc4c(-c5ccc6sc7ccccc7c6c5)cccc4c23)c(C2=NC(c3ccc4ccccc4c3)NC(c3cc4ccccc4c4ccccc34)=N2)c1. The van der Waals surface area contributed by atoms with E-state index in [0.29, 0.717) is 5.84 Å². The first kappa shape index (κ1) is 34.9. The zero-order valence-electron chi connectivity index (χ0n) is 33.3. The summed E-state index contributed by atoms with van der Waals surface area (Å²) < 4.78 is 9.45. The summed E-state index contributed by atoms with van der Waals surface area (Å²) in [5.41, 5.74) is 9.12. The fourth-order valence-corrected chi connectivity index (χ4v) is 10.7. The van der Waals surface area contributed by atoms with Crippen molar-refractivity contribution in [1.29, 1.82) is 0 Å². The fourth-order valence-electron chi connectivity index (χ4n) is 9.61. The molecular weight excluding hydrogens is 775 g/mol. The van der Waals surface area contributed by atoms with Crippen molar-refractivity contribution in [2.45, 2.75) is 6.17 Å². The topological polar surface area (TPSA) is 49.9 Å². The first-order valence-corrected chi connectivity index (χ1v) is 21.8. The minimum absolute atomic E-state index is 0.383. The summed E-state index contributed by atoms with van der Waals surface area (Å²) in [6.45, 7) is 0. The van der Waals surface area contributed by atoms with Crippen LogP contribution < -0.4 is 5.32 Å². The molecule has 0 saturated carbocycles. The van der Waals surface area contributed by atoms with Gasteiger partial charge in [0.05, 0.1) is 0 Å². The molecule has 0 saturated heterocycles. The first-order valence-electron chi connectivity index (χ1n) is 21.0. The summed E-state index contributed by atoms with van der Waals surface area (Å²) in [4.78, 5) is 10.9. The van der Waals surface area contributed by atoms with E-state index >= 15 is 0 Å². The van der Waals surface area contributed by atoms with E-state index in [-0.39, 0.29) is 6.17 Å². The molecule has 5 heteroatoms. The third-order valence-electron chi connectivity index (χ3n) is 12.5. The summed E-state index contributed by atoms with van der Waals surface area (Å²) in [5, 5.41) is 15.6. The molecule has 62 heavy (non-hydrogen) atoms. The smallest absolute Gasteiger partial charge is 0.160 e. The molecule has 13 rings (SSSR count). The number of fused-ring (bicyclic) bond motifs is 10. The minimum atomic E-state index is -0.383. The maximum Gasteiger partial charge on any atom is 0.160 e. The maximum atomic E-state index is 6.86. The van der Waals surface area contributed by atoms with Crippen molar-refractivity contribution >= 4 is 97.4 Å². The van der Waals surface area contributed by atoms with Crippen molar-refractivity contribution in [3.05, 3.63) is 217 Å². The summed E-state index contributed by atoms with van der Waals surface area (Å²) in [6, 6.07) is 71.5. The summed E-state index contributed by atoms with van der Waals surface area (Å²) in [7, 11) is 0. The van der Waals surface area contributed by atoms with Crippen molar-refractivity contribution in [2.24, 2.45) is 9.98 Å². The molecule has 12 aromatic rings. The third-order valence-corrected chi connectivity index (χ3v) is 13.7. The van der Waals surface area contributed by atoms with Crippen LogP contribution in [-0.4, -0.2) is 11.7 Å². The number of aliphatic imine (C=N–C) groups is 2. The number of para-hydroxylation sites is 1. The Morgan fingerprint density at radius 2 is 1.11 bits per heavy atom. The highest BCUT2D eigenvalue weighted by molar-refractivity contribution is 7.25. The monoisotopic (exact) mass is 809 g/mol. The van der Waals surface area contributed by atoms with E-state index in [1.807, 2.05) is 11.3 Å². The van der Waals surface area contributed by atoms with E-state index < -0.39 is 0 Å². The van der Waals surface area contributed by atoms with Crippen LogP contribution in [0.3, 0.4) is 0 Å². The average molecular weight is 810 g/mol. The second kappa shape index (κ2) is 13.8. The van der Waals surface area contributed by atoms with Gasteiger partial charge in [0.1, 0.15) is 23.2 Å². The van der Waals surface area contributed by atoms with Crippen LogP contribution >= 0.6 is 11.3 Å². The molecule has 10 aromatic carbocycles. The van der Waals surface area contributed by atoms with Crippen LogP contribution in [0.15, 0.2) is 215 Å². The predicted octanol–water partition coefficient (Wildman–Crippen LogP) is 15.2. The number of nitrogens with zero attached hydrogens (tertiary/aromatic N) is 2. The van der Waals surface area contributed by atoms with E-state index in [4.69, 9.17) is 14.4 Å². The van der Waals surface area contributed by atoms with E-state index in [2.05, 4.69) is 206 Å². The third kappa shape index (κ3) is 5.52. The number of nitrogens with one attached hydrogen (secondary N) is 1. The number of amidine groups is 2. The number of thiophene rings is 1. The number of hydrogen-bond donors (Lipinski definition) is 1. The van der Waals surface area contributed by atoms with Gasteiger partial charge in [-0.2, -0.15) is 0 Å². The molecule has 0 spiro atoms. The van der Waals surface area contributed by atoms with Crippen LogP contribution in [0.25, 0.3) is 96.7 Å². The van der Waals surface area contributed by atoms with E-state index in [1.165, 1.54) is 47.1 Å². The van der Waals surface area contributed by atoms with Crippen LogP contribution in [0.5, 0.6) is 0 Å². The summed E-state index contributed by atoms with van der Waals surface area (Å²) in [6.07, 6.45) is -0.383. The second-order valence-electron chi connectivity index (χ2n) is 16.1. The van der Waals surface area contributed by atoms with Gasteiger partial charge in [-0.1, -0.05) is 164 Å². The molecule has 0 amide bonds. The Morgan fingerprint density at radius 3 is 2.02 bits per heavy atom. The van der Waals surface area contributed by atoms with Crippen LogP contribution in [0.1, 0.15) is 22.9 Å².